The predicted octanol–water partition coefficient (Wildman–Crippen LogP) is 3.37. The van der Waals surface area contributed by atoms with Crippen LogP contribution in [0.3, 0.4) is 0 Å². The summed E-state index contributed by atoms with van der Waals surface area (Å²) in [5, 5.41) is 0. The molecule has 1 aromatic carbocycles. The van der Waals surface area contributed by atoms with Gasteiger partial charge in [-0.3, -0.25) is 4.18 Å². The quantitative estimate of drug-likeness (QED) is 0.759. The molecule has 1 aromatic rings. The Hall–Kier alpha value is -0.970. The summed E-state index contributed by atoms with van der Waals surface area (Å²) in [7, 11) is -3.92. The SMILES string of the molecule is Cc1ccc(S(=O)(=O)N2CC(C)(C)CC(C)(OS(=O)C(F)(F)F)C2)cc1. The van der Waals surface area contributed by atoms with Crippen molar-refractivity contribution >= 4 is 21.1 Å². The second-order valence-electron chi connectivity index (χ2n) is 7.64. The summed E-state index contributed by atoms with van der Waals surface area (Å²) in [5.74, 6) is 0. The van der Waals surface area contributed by atoms with Crippen LogP contribution in [-0.4, -0.2) is 41.1 Å². The highest BCUT2D eigenvalue weighted by Gasteiger charge is 2.50. The minimum Gasteiger partial charge on any atom is -0.276 e. The fraction of sp³-hybridized carbons (Fsp3) is 0.625. The number of nitrogens with zero attached hydrogens (tertiary/aromatic N) is 1. The number of alkyl halides is 3. The summed E-state index contributed by atoms with van der Waals surface area (Å²) in [4.78, 5) is 0.0556. The lowest BCUT2D eigenvalue weighted by Crippen LogP contribution is -2.56. The van der Waals surface area contributed by atoms with Crippen molar-refractivity contribution in [1.82, 2.24) is 4.31 Å². The van der Waals surface area contributed by atoms with Gasteiger partial charge in [-0.2, -0.15) is 17.5 Å². The Balaban J connectivity index is 2.35. The molecule has 1 aliphatic rings. The van der Waals surface area contributed by atoms with E-state index in [-0.39, 0.29) is 24.4 Å². The van der Waals surface area contributed by atoms with Gasteiger partial charge >= 0.3 is 5.51 Å². The average Bonchev–Trinajstić information content (AvgIpc) is 2.44. The molecule has 2 atom stereocenters. The smallest absolute Gasteiger partial charge is 0.276 e. The van der Waals surface area contributed by atoms with Gasteiger partial charge in [0.05, 0.1) is 10.5 Å². The summed E-state index contributed by atoms with van der Waals surface area (Å²) in [6.45, 7) is 6.46. The molecule has 1 fully saturated rings. The van der Waals surface area contributed by atoms with Crippen LogP contribution >= 0.6 is 0 Å². The van der Waals surface area contributed by atoms with E-state index in [1.165, 1.54) is 19.1 Å². The Labute approximate surface area is 154 Å². The molecule has 1 saturated heterocycles. The van der Waals surface area contributed by atoms with Crippen molar-refractivity contribution in [3.8, 4) is 0 Å². The van der Waals surface area contributed by atoms with E-state index in [9.17, 15) is 25.8 Å². The molecular weight excluding hydrogens is 391 g/mol. The van der Waals surface area contributed by atoms with Crippen molar-refractivity contribution in [3.05, 3.63) is 29.8 Å². The number of rotatable bonds is 4. The van der Waals surface area contributed by atoms with Gasteiger partial charge in [0.15, 0.2) is 0 Å². The van der Waals surface area contributed by atoms with Gasteiger partial charge in [-0.1, -0.05) is 31.5 Å². The Kier molecular flexibility index (Phi) is 5.65. The van der Waals surface area contributed by atoms with E-state index < -0.39 is 37.6 Å². The lowest BCUT2D eigenvalue weighted by molar-refractivity contribution is -0.0681. The van der Waals surface area contributed by atoms with Crippen LogP contribution in [0.4, 0.5) is 13.2 Å². The van der Waals surface area contributed by atoms with Crippen molar-refractivity contribution in [3.63, 3.8) is 0 Å². The van der Waals surface area contributed by atoms with Crippen LogP contribution in [0, 0.1) is 12.3 Å². The van der Waals surface area contributed by atoms with Crippen molar-refractivity contribution in [2.75, 3.05) is 13.1 Å². The van der Waals surface area contributed by atoms with Gasteiger partial charge in [-0.05, 0) is 37.8 Å². The van der Waals surface area contributed by atoms with E-state index in [4.69, 9.17) is 4.18 Å². The molecule has 10 heteroatoms. The third-order valence-corrected chi connectivity index (χ3v) is 6.83. The van der Waals surface area contributed by atoms with Crippen LogP contribution in [0.25, 0.3) is 0 Å². The third kappa shape index (κ3) is 4.85. The number of hydrogen-bond acceptors (Lipinski definition) is 4. The molecule has 2 unspecified atom stereocenters. The van der Waals surface area contributed by atoms with Gasteiger partial charge in [0.2, 0.25) is 10.0 Å². The zero-order valence-corrected chi connectivity index (χ0v) is 16.6. The number of sulfonamides is 1. The van der Waals surface area contributed by atoms with Gasteiger partial charge in [0.1, 0.15) is 0 Å². The monoisotopic (exact) mass is 413 g/mol. The summed E-state index contributed by atoms with van der Waals surface area (Å²) >= 11 is -3.52. The third-order valence-electron chi connectivity index (χ3n) is 4.09. The molecule has 0 spiro atoms. The Morgan fingerprint density at radius 2 is 1.65 bits per heavy atom. The molecule has 0 amide bonds. The van der Waals surface area contributed by atoms with Crippen molar-refractivity contribution in [1.29, 1.82) is 0 Å². The van der Waals surface area contributed by atoms with E-state index in [2.05, 4.69) is 0 Å². The van der Waals surface area contributed by atoms with Crippen LogP contribution in [0.15, 0.2) is 29.2 Å². The fourth-order valence-electron chi connectivity index (χ4n) is 3.35. The molecule has 0 aliphatic carbocycles. The van der Waals surface area contributed by atoms with E-state index in [0.29, 0.717) is 0 Å². The van der Waals surface area contributed by atoms with Gasteiger partial charge in [-0.25, -0.2) is 12.6 Å². The molecule has 1 aliphatic heterocycles. The van der Waals surface area contributed by atoms with Gasteiger partial charge < -0.3 is 0 Å². The Bertz CT molecular complexity index is 791. The summed E-state index contributed by atoms with van der Waals surface area (Å²) in [6, 6.07) is 6.21. The number of benzene rings is 1. The first-order valence-electron chi connectivity index (χ1n) is 7.90. The molecule has 0 bridgehead atoms. The minimum absolute atomic E-state index is 0.0556. The highest BCUT2D eigenvalue weighted by atomic mass is 32.2. The maximum atomic E-state index is 12.9. The summed E-state index contributed by atoms with van der Waals surface area (Å²) in [5.41, 5.74) is -6.32. The summed E-state index contributed by atoms with van der Waals surface area (Å²) < 4.78 is 81.1. The number of hydrogen-bond donors (Lipinski definition) is 0. The summed E-state index contributed by atoms with van der Waals surface area (Å²) in [6.07, 6.45) is 0.141. The average molecular weight is 413 g/mol. The number of piperidine rings is 1. The van der Waals surface area contributed by atoms with Crippen LogP contribution in [-0.2, 0) is 25.3 Å². The predicted molar refractivity (Wildman–Crippen MR) is 92.0 cm³/mol. The second kappa shape index (κ2) is 6.88. The highest BCUT2D eigenvalue weighted by Crippen LogP contribution is 2.40. The lowest BCUT2D eigenvalue weighted by Gasteiger charge is -2.46. The Morgan fingerprint density at radius 1 is 1.12 bits per heavy atom. The van der Waals surface area contributed by atoms with E-state index in [1.54, 1.807) is 26.0 Å². The molecule has 2 rings (SSSR count). The first-order chi connectivity index (χ1) is 11.6. The largest absolute Gasteiger partial charge is 0.497 e. The van der Waals surface area contributed by atoms with E-state index in [0.717, 1.165) is 9.87 Å². The molecule has 1 heterocycles. The van der Waals surface area contributed by atoms with Crippen molar-refractivity contribution in [2.45, 2.75) is 50.1 Å². The molecule has 0 aromatic heterocycles. The van der Waals surface area contributed by atoms with E-state index >= 15 is 0 Å². The standard InChI is InChI=1S/C16H22F3NO4S2/c1-12-5-7-13(8-6-12)26(22,23)20-10-14(2,3)9-15(4,11-20)24-25(21)16(17,18)19/h5-8H,9-11H2,1-4H3. The zero-order chi connectivity index (χ0) is 20.0. The second-order valence-corrected chi connectivity index (χ2v) is 10.7. The molecule has 0 N–H and O–H groups in total. The number of aryl methyl sites for hydroxylation is 1. The normalized spacial score (nSPS) is 25.8. The molecule has 0 radical (unpaired) electrons. The lowest BCUT2D eigenvalue weighted by atomic mass is 9.78. The maximum absolute atomic E-state index is 12.9. The minimum atomic E-state index is -5.02. The van der Waals surface area contributed by atoms with E-state index in [1.807, 2.05) is 6.92 Å². The van der Waals surface area contributed by atoms with Gasteiger partial charge in [0, 0.05) is 13.1 Å². The van der Waals surface area contributed by atoms with Crippen LogP contribution in [0.1, 0.15) is 32.8 Å². The number of halogens is 3. The molecule has 26 heavy (non-hydrogen) atoms. The van der Waals surface area contributed by atoms with Crippen LogP contribution < -0.4 is 0 Å². The van der Waals surface area contributed by atoms with Gasteiger partial charge in [0.25, 0.3) is 11.1 Å². The molecule has 148 valence electrons. The zero-order valence-electron chi connectivity index (χ0n) is 15.0. The van der Waals surface area contributed by atoms with Crippen molar-refractivity contribution in [2.24, 2.45) is 5.41 Å². The van der Waals surface area contributed by atoms with Crippen LogP contribution in [0.2, 0.25) is 0 Å². The molecule has 5 nitrogen and oxygen atoms in total. The Morgan fingerprint density at radius 3 is 2.15 bits per heavy atom. The first kappa shape index (κ1) is 21.3. The topological polar surface area (TPSA) is 63.7 Å². The van der Waals surface area contributed by atoms with Gasteiger partial charge in [-0.15, -0.1) is 0 Å². The maximum Gasteiger partial charge on any atom is 0.497 e. The molecule has 0 saturated carbocycles. The highest BCUT2D eigenvalue weighted by molar-refractivity contribution is 7.89. The molecular formula is C16H22F3NO4S2. The fourth-order valence-corrected chi connectivity index (χ4v) is 5.66. The first-order valence-corrected chi connectivity index (χ1v) is 10.4. The van der Waals surface area contributed by atoms with Crippen LogP contribution in [0.5, 0.6) is 0 Å². The van der Waals surface area contributed by atoms with Crippen molar-refractivity contribution < 1.29 is 30.0 Å².